The summed E-state index contributed by atoms with van der Waals surface area (Å²) in [6.45, 7) is 6.50. The molecule has 2 unspecified atom stereocenters. The second-order valence-electron chi connectivity index (χ2n) is 5.23. The molecule has 1 rings (SSSR count). The van der Waals surface area contributed by atoms with Crippen LogP contribution in [0.4, 0.5) is 0 Å². The molecule has 1 aliphatic heterocycles. The third-order valence-electron chi connectivity index (χ3n) is 3.47. The lowest BCUT2D eigenvalue weighted by Gasteiger charge is -2.34. The minimum Gasteiger partial charge on any atom is -0.479 e. The van der Waals surface area contributed by atoms with Crippen molar-refractivity contribution in [1.82, 2.24) is 9.80 Å². The monoisotopic (exact) mass is 244 g/mol. The Kier molecular flexibility index (Phi) is 4.91. The molecular formula is C12H24N2O3. The standard InChI is InChI=1S/C12H24N2O3/c1-4-10-8-13(3)6-5-7-14(10)9-12(2,17)11(15)16/h10,17H,4-9H2,1-3H3,(H,15,16). The Balaban J connectivity index is 2.69. The molecule has 0 aromatic rings. The van der Waals surface area contributed by atoms with Gasteiger partial charge in [0, 0.05) is 19.1 Å². The Hall–Kier alpha value is -0.650. The minimum absolute atomic E-state index is 0.203. The highest BCUT2D eigenvalue weighted by Gasteiger charge is 2.35. The van der Waals surface area contributed by atoms with Gasteiger partial charge in [-0.1, -0.05) is 6.92 Å². The highest BCUT2D eigenvalue weighted by atomic mass is 16.4. The first-order valence-electron chi connectivity index (χ1n) is 6.25. The van der Waals surface area contributed by atoms with Gasteiger partial charge in [-0.25, -0.2) is 4.79 Å². The summed E-state index contributed by atoms with van der Waals surface area (Å²) in [5.41, 5.74) is -1.66. The van der Waals surface area contributed by atoms with E-state index in [1.807, 2.05) is 0 Å². The molecule has 0 saturated carbocycles. The Morgan fingerprint density at radius 1 is 1.47 bits per heavy atom. The predicted octanol–water partition coefficient (Wildman–Crippen LogP) is 0.238. The molecule has 0 aromatic carbocycles. The van der Waals surface area contributed by atoms with Crippen LogP contribution in [0.5, 0.6) is 0 Å². The van der Waals surface area contributed by atoms with Gasteiger partial charge in [0.05, 0.1) is 0 Å². The summed E-state index contributed by atoms with van der Waals surface area (Å²) in [6.07, 6.45) is 1.99. The number of likely N-dealkylation sites (N-methyl/N-ethyl adjacent to an activating group) is 1. The number of carboxylic acids is 1. The van der Waals surface area contributed by atoms with E-state index in [-0.39, 0.29) is 6.54 Å². The lowest BCUT2D eigenvalue weighted by Crippen LogP contribution is -2.51. The summed E-state index contributed by atoms with van der Waals surface area (Å²) in [7, 11) is 2.08. The molecule has 100 valence electrons. The summed E-state index contributed by atoms with van der Waals surface area (Å²) in [5.74, 6) is -1.15. The van der Waals surface area contributed by atoms with E-state index >= 15 is 0 Å². The smallest absolute Gasteiger partial charge is 0.336 e. The fourth-order valence-electron chi connectivity index (χ4n) is 2.35. The van der Waals surface area contributed by atoms with Crippen molar-refractivity contribution in [3.63, 3.8) is 0 Å². The highest BCUT2D eigenvalue weighted by Crippen LogP contribution is 2.16. The maximum absolute atomic E-state index is 11.0. The van der Waals surface area contributed by atoms with Crippen LogP contribution in [-0.2, 0) is 4.79 Å². The normalized spacial score (nSPS) is 27.4. The lowest BCUT2D eigenvalue weighted by molar-refractivity contribution is -0.159. The molecule has 0 radical (unpaired) electrons. The van der Waals surface area contributed by atoms with E-state index in [1.54, 1.807) is 0 Å². The number of aliphatic carboxylic acids is 1. The van der Waals surface area contributed by atoms with Crippen LogP contribution < -0.4 is 0 Å². The summed E-state index contributed by atoms with van der Waals surface area (Å²) in [5, 5.41) is 18.8. The highest BCUT2D eigenvalue weighted by molar-refractivity contribution is 5.76. The molecule has 0 amide bonds. The van der Waals surface area contributed by atoms with Crippen LogP contribution in [0.15, 0.2) is 0 Å². The molecule has 0 spiro atoms. The number of carbonyl (C=O) groups is 1. The van der Waals surface area contributed by atoms with Gasteiger partial charge in [-0.2, -0.15) is 0 Å². The summed E-state index contributed by atoms with van der Waals surface area (Å²) < 4.78 is 0. The van der Waals surface area contributed by atoms with E-state index in [1.165, 1.54) is 6.92 Å². The second-order valence-corrected chi connectivity index (χ2v) is 5.23. The zero-order chi connectivity index (χ0) is 13.1. The third kappa shape index (κ3) is 3.94. The molecule has 2 atom stereocenters. The van der Waals surface area contributed by atoms with Gasteiger partial charge in [0.1, 0.15) is 0 Å². The van der Waals surface area contributed by atoms with Crippen LogP contribution in [0.3, 0.4) is 0 Å². The summed E-state index contributed by atoms with van der Waals surface area (Å²) in [6, 6.07) is 0.327. The Bertz CT molecular complexity index is 268. The fraction of sp³-hybridized carbons (Fsp3) is 0.917. The first-order chi connectivity index (χ1) is 7.86. The van der Waals surface area contributed by atoms with Crippen LogP contribution >= 0.6 is 0 Å². The molecule has 5 heteroatoms. The molecule has 0 bridgehead atoms. The van der Waals surface area contributed by atoms with Crippen LogP contribution in [0.25, 0.3) is 0 Å². The van der Waals surface area contributed by atoms with Crippen molar-refractivity contribution in [2.45, 2.75) is 38.3 Å². The van der Waals surface area contributed by atoms with Crippen LogP contribution in [0, 0.1) is 0 Å². The van der Waals surface area contributed by atoms with E-state index in [0.29, 0.717) is 6.04 Å². The van der Waals surface area contributed by atoms with Crippen LogP contribution in [0.2, 0.25) is 0 Å². The van der Waals surface area contributed by atoms with Crippen molar-refractivity contribution in [1.29, 1.82) is 0 Å². The van der Waals surface area contributed by atoms with Crippen molar-refractivity contribution in [2.75, 3.05) is 33.2 Å². The van der Waals surface area contributed by atoms with E-state index in [0.717, 1.165) is 32.5 Å². The zero-order valence-corrected chi connectivity index (χ0v) is 11.0. The average Bonchev–Trinajstić information content (AvgIpc) is 2.39. The summed E-state index contributed by atoms with van der Waals surface area (Å²) >= 11 is 0. The van der Waals surface area contributed by atoms with Gasteiger partial charge in [0.2, 0.25) is 0 Å². The molecular weight excluding hydrogens is 220 g/mol. The summed E-state index contributed by atoms with van der Waals surface area (Å²) in [4.78, 5) is 15.3. The number of carboxylic acid groups (broad SMARTS) is 1. The molecule has 1 fully saturated rings. The van der Waals surface area contributed by atoms with Crippen molar-refractivity contribution in [3.8, 4) is 0 Å². The predicted molar refractivity (Wildman–Crippen MR) is 66.0 cm³/mol. The van der Waals surface area contributed by atoms with E-state index < -0.39 is 11.6 Å². The molecule has 0 aromatic heterocycles. The quantitative estimate of drug-likeness (QED) is 0.741. The molecule has 0 aliphatic carbocycles. The van der Waals surface area contributed by atoms with Gasteiger partial charge in [0.15, 0.2) is 5.60 Å². The van der Waals surface area contributed by atoms with Gasteiger partial charge in [-0.05, 0) is 39.9 Å². The molecule has 1 saturated heterocycles. The van der Waals surface area contributed by atoms with Crippen molar-refractivity contribution >= 4 is 5.97 Å². The number of aliphatic hydroxyl groups is 1. The topological polar surface area (TPSA) is 64.0 Å². The molecule has 2 N–H and O–H groups in total. The van der Waals surface area contributed by atoms with Crippen LogP contribution in [0.1, 0.15) is 26.7 Å². The Morgan fingerprint density at radius 2 is 2.12 bits per heavy atom. The van der Waals surface area contributed by atoms with E-state index in [9.17, 15) is 9.90 Å². The number of hydrogen-bond acceptors (Lipinski definition) is 4. The minimum atomic E-state index is -1.66. The molecule has 5 nitrogen and oxygen atoms in total. The SMILES string of the molecule is CCC1CN(C)CCCN1CC(C)(O)C(=O)O. The largest absolute Gasteiger partial charge is 0.479 e. The maximum atomic E-state index is 11.0. The van der Waals surface area contributed by atoms with E-state index in [4.69, 9.17) is 5.11 Å². The van der Waals surface area contributed by atoms with Gasteiger partial charge in [0.25, 0.3) is 0 Å². The average molecular weight is 244 g/mol. The number of β-amino-alcohol motifs (C(OH)–C–C–N with tert-alkyl or cyclic N) is 1. The first-order valence-corrected chi connectivity index (χ1v) is 6.25. The molecule has 17 heavy (non-hydrogen) atoms. The molecule has 1 heterocycles. The number of rotatable bonds is 4. The van der Waals surface area contributed by atoms with Gasteiger partial charge in [-0.15, -0.1) is 0 Å². The first kappa shape index (κ1) is 14.4. The Labute approximate surface area is 103 Å². The van der Waals surface area contributed by atoms with Gasteiger partial charge < -0.3 is 15.1 Å². The Morgan fingerprint density at radius 3 is 2.65 bits per heavy atom. The molecule has 1 aliphatic rings. The number of nitrogens with zero attached hydrogens (tertiary/aromatic N) is 2. The number of hydrogen-bond donors (Lipinski definition) is 2. The van der Waals surface area contributed by atoms with E-state index in [2.05, 4.69) is 23.8 Å². The van der Waals surface area contributed by atoms with Crippen molar-refractivity contribution in [2.24, 2.45) is 0 Å². The van der Waals surface area contributed by atoms with Crippen molar-refractivity contribution in [3.05, 3.63) is 0 Å². The second kappa shape index (κ2) is 5.80. The zero-order valence-electron chi connectivity index (χ0n) is 11.0. The fourth-order valence-corrected chi connectivity index (χ4v) is 2.35. The van der Waals surface area contributed by atoms with Gasteiger partial charge >= 0.3 is 5.97 Å². The van der Waals surface area contributed by atoms with Crippen LogP contribution in [-0.4, -0.2) is 70.9 Å². The van der Waals surface area contributed by atoms with Gasteiger partial charge in [-0.3, -0.25) is 4.90 Å². The maximum Gasteiger partial charge on any atom is 0.336 e. The lowest BCUT2D eigenvalue weighted by atomic mass is 10.0. The third-order valence-corrected chi connectivity index (χ3v) is 3.47. The van der Waals surface area contributed by atoms with Crippen molar-refractivity contribution < 1.29 is 15.0 Å².